The van der Waals surface area contributed by atoms with E-state index in [9.17, 15) is 4.79 Å². The molecule has 0 spiro atoms. The molecule has 1 amide bonds. The Kier molecular flexibility index (Phi) is 3.89. The number of hydrogen-bond acceptors (Lipinski definition) is 1. The van der Waals surface area contributed by atoms with Gasteiger partial charge in [-0.1, -0.05) is 26.0 Å². The van der Waals surface area contributed by atoms with Crippen LogP contribution >= 0.6 is 0 Å². The van der Waals surface area contributed by atoms with Crippen LogP contribution in [0.3, 0.4) is 0 Å². The van der Waals surface area contributed by atoms with Crippen LogP contribution in [0.4, 0.5) is 5.69 Å². The molecule has 0 unspecified atom stereocenters. The second kappa shape index (κ2) is 4.96. The number of carbonyl (C=O) groups excluding carboxylic acids is 1. The lowest BCUT2D eigenvalue weighted by Crippen LogP contribution is -2.20. The Morgan fingerprint density at radius 1 is 1.40 bits per heavy atom. The average molecular weight is 205 g/mol. The minimum atomic E-state index is 0.0740. The van der Waals surface area contributed by atoms with E-state index in [0.717, 1.165) is 17.7 Å². The smallest absolute Gasteiger partial charge is 0.227 e. The molecule has 1 aromatic carbocycles. The first-order valence-electron chi connectivity index (χ1n) is 5.43. The lowest BCUT2D eigenvalue weighted by molar-refractivity contribution is -0.119. The molecule has 2 nitrogen and oxygen atoms in total. The standard InChI is InChI=1S/C13H19NO/c1-5-9(2)13(15)14-12-8-6-7-10(3)11(12)4/h6-9H,5H2,1-4H3,(H,14,15)/t9-/m1/s1. The summed E-state index contributed by atoms with van der Waals surface area (Å²) >= 11 is 0. The summed E-state index contributed by atoms with van der Waals surface area (Å²) in [6, 6.07) is 5.96. The van der Waals surface area contributed by atoms with E-state index in [2.05, 4.69) is 5.32 Å². The van der Waals surface area contributed by atoms with Gasteiger partial charge in [0.1, 0.15) is 0 Å². The average Bonchev–Trinajstić information content (AvgIpc) is 2.23. The minimum absolute atomic E-state index is 0.0740. The van der Waals surface area contributed by atoms with Crippen LogP contribution in [0.2, 0.25) is 0 Å². The Morgan fingerprint density at radius 2 is 2.07 bits per heavy atom. The zero-order valence-corrected chi connectivity index (χ0v) is 9.92. The maximum atomic E-state index is 11.7. The van der Waals surface area contributed by atoms with Crippen LogP contribution < -0.4 is 5.32 Å². The zero-order valence-electron chi connectivity index (χ0n) is 9.92. The second-order valence-electron chi connectivity index (χ2n) is 4.05. The molecule has 1 N–H and O–H groups in total. The predicted molar refractivity (Wildman–Crippen MR) is 64.0 cm³/mol. The molecule has 1 rings (SSSR count). The van der Waals surface area contributed by atoms with Gasteiger partial charge in [-0.15, -0.1) is 0 Å². The van der Waals surface area contributed by atoms with Gasteiger partial charge in [-0.3, -0.25) is 4.79 Å². The van der Waals surface area contributed by atoms with Crippen LogP contribution in [-0.2, 0) is 4.79 Å². The van der Waals surface area contributed by atoms with E-state index in [-0.39, 0.29) is 11.8 Å². The van der Waals surface area contributed by atoms with E-state index in [1.165, 1.54) is 5.56 Å². The van der Waals surface area contributed by atoms with Crippen LogP contribution in [0, 0.1) is 19.8 Å². The summed E-state index contributed by atoms with van der Waals surface area (Å²) in [5.41, 5.74) is 3.28. The minimum Gasteiger partial charge on any atom is -0.326 e. The van der Waals surface area contributed by atoms with Gasteiger partial charge in [0.2, 0.25) is 5.91 Å². The summed E-state index contributed by atoms with van der Waals surface area (Å²) in [6.45, 7) is 8.05. The summed E-state index contributed by atoms with van der Waals surface area (Å²) in [4.78, 5) is 11.7. The van der Waals surface area contributed by atoms with Gasteiger partial charge in [-0.25, -0.2) is 0 Å². The first kappa shape index (κ1) is 11.8. The van der Waals surface area contributed by atoms with Gasteiger partial charge in [0.15, 0.2) is 0 Å². The van der Waals surface area contributed by atoms with E-state index < -0.39 is 0 Å². The van der Waals surface area contributed by atoms with E-state index in [1.807, 2.05) is 45.9 Å². The van der Waals surface area contributed by atoms with Gasteiger partial charge in [0.05, 0.1) is 0 Å². The summed E-state index contributed by atoms with van der Waals surface area (Å²) in [5.74, 6) is 0.177. The molecular weight excluding hydrogens is 186 g/mol. The summed E-state index contributed by atoms with van der Waals surface area (Å²) in [5, 5.41) is 2.96. The fraction of sp³-hybridized carbons (Fsp3) is 0.462. The molecular formula is C13H19NO. The fourth-order valence-corrected chi connectivity index (χ4v) is 1.33. The number of carbonyl (C=O) groups is 1. The van der Waals surface area contributed by atoms with Crippen molar-refractivity contribution >= 4 is 11.6 Å². The number of anilines is 1. The van der Waals surface area contributed by atoms with Crippen molar-refractivity contribution in [2.24, 2.45) is 5.92 Å². The number of nitrogens with one attached hydrogen (secondary N) is 1. The molecule has 0 aliphatic rings. The molecule has 1 atom stereocenters. The molecule has 0 aliphatic carbocycles. The molecule has 0 radical (unpaired) electrons. The van der Waals surface area contributed by atoms with Crippen molar-refractivity contribution in [1.29, 1.82) is 0 Å². The number of amides is 1. The molecule has 15 heavy (non-hydrogen) atoms. The Hall–Kier alpha value is -1.31. The maximum Gasteiger partial charge on any atom is 0.227 e. The molecule has 0 bridgehead atoms. The van der Waals surface area contributed by atoms with Crippen molar-refractivity contribution in [2.75, 3.05) is 5.32 Å². The van der Waals surface area contributed by atoms with Gasteiger partial charge in [0.25, 0.3) is 0 Å². The van der Waals surface area contributed by atoms with Crippen molar-refractivity contribution in [2.45, 2.75) is 34.1 Å². The van der Waals surface area contributed by atoms with Gasteiger partial charge in [-0.2, -0.15) is 0 Å². The SMILES string of the molecule is CC[C@@H](C)C(=O)Nc1cccc(C)c1C. The fourth-order valence-electron chi connectivity index (χ4n) is 1.33. The maximum absolute atomic E-state index is 11.7. The van der Waals surface area contributed by atoms with Crippen LogP contribution in [0.1, 0.15) is 31.4 Å². The highest BCUT2D eigenvalue weighted by atomic mass is 16.1. The Bertz CT molecular complexity index is 358. The van der Waals surface area contributed by atoms with Crippen LogP contribution in [0.25, 0.3) is 0 Å². The predicted octanol–water partition coefficient (Wildman–Crippen LogP) is 3.29. The summed E-state index contributed by atoms with van der Waals surface area (Å²) in [7, 11) is 0. The molecule has 1 aromatic rings. The molecule has 82 valence electrons. The number of aryl methyl sites for hydroxylation is 1. The van der Waals surface area contributed by atoms with Crippen molar-refractivity contribution in [3.63, 3.8) is 0 Å². The highest BCUT2D eigenvalue weighted by Gasteiger charge is 2.11. The van der Waals surface area contributed by atoms with Crippen molar-refractivity contribution in [1.82, 2.24) is 0 Å². The number of hydrogen-bond donors (Lipinski definition) is 1. The third kappa shape index (κ3) is 2.82. The second-order valence-corrected chi connectivity index (χ2v) is 4.05. The molecule has 0 fully saturated rings. The Balaban J connectivity index is 2.81. The van der Waals surface area contributed by atoms with Crippen LogP contribution in [-0.4, -0.2) is 5.91 Å². The first-order chi connectivity index (χ1) is 7.06. The number of benzene rings is 1. The van der Waals surface area contributed by atoms with Gasteiger partial charge in [-0.05, 0) is 37.5 Å². The highest BCUT2D eigenvalue weighted by molar-refractivity contribution is 5.93. The zero-order chi connectivity index (χ0) is 11.4. The quantitative estimate of drug-likeness (QED) is 0.806. The van der Waals surface area contributed by atoms with Gasteiger partial charge in [0, 0.05) is 11.6 Å². The molecule has 0 saturated heterocycles. The summed E-state index contributed by atoms with van der Waals surface area (Å²) in [6.07, 6.45) is 0.872. The van der Waals surface area contributed by atoms with E-state index >= 15 is 0 Å². The normalized spacial score (nSPS) is 12.3. The van der Waals surface area contributed by atoms with Gasteiger partial charge >= 0.3 is 0 Å². The van der Waals surface area contributed by atoms with Crippen LogP contribution in [0.15, 0.2) is 18.2 Å². The molecule has 0 aliphatic heterocycles. The lowest BCUT2D eigenvalue weighted by Gasteiger charge is -2.13. The number of rotatable bonds is 3. The van der Waals surface area contributed by atoms with Crippen molar-refractivity contribution < 1.29 is 4.79 Å². The third-order valence-electron chi connectivity index (χ3n) is 2.92. The monoisotopic (exact) mass is 205 g/mol. The third-order valence-corrected chi connectivity index (χ3v) is 2.92. The summed E-state index contributed by atoms with van der Waals surface area (Å²) < 4.78 is 0. The van der Waals surface area contributed by atoms with Crippen molar-refractivity contribution in [3.05, 3.63) is 29.3 Å². The lowest BCUT2D eigenvalue weighted by atomic mass is 10.1. The highest BCUT2D eigenvalue weighted by Crippen LogP contribution is 2.19. The Morgan fingerprint density at radius 3 is 2.67 bits per heavy atom. The van der Waals surface area contributed by atoms with E-state index in [1.54, 1.807) is 0 Å². The topological polar surface area (TPSA) is 29.1 Å². The molecule has 2 heteroatoms. The van der Waals surface area contributed by atoms with E-state index in [0.29, 0.717) is 0 Å². The van der Waals surface area contributed by atoms with Crippen LogP contribution in [0.5, 0.6) is 0 Å². The Labute approximate surface area is 91.7 Å². The molecule has 0 saturated carbocycles. The van der Waals surface area contributed by atoms with Gasteiger partial charge < -0.3 is 5.32 Å². The largest absolute Gasteiger partial charge is 0.326 e. The van der Waals surface area contributed by atoms with E-state index in [4.69, 9.17) is 0 Å². The molecule has 0 aromatic heterocycles. The molecule has 0 heterocycles. The van der Waals surface area contributed by atoms with Crippen molar-refractivity contribution in [3.8, 4) is 0 Å². The first-order valence-corrected chi connectivity index (χ1v) is 5.43.